The van der Waals surface area contributed by atoms with Crippen LogP contribution in [0.2, 0.25) is 0 Å². The number of hydrogen-bond acceptors (Lipinski definition) is 7. The second kappa shape index (κ2) is 7.03. The summed E-state index contributed by atoms with van der Waals surface area (Å²) in [5.74, 6) is 0.223. The van der Waals surface area contributed by atoms with Crippen molar-refractivity contribution in [2.75, 3.05) is 12.0 Å². The van der Waals surface area contributed by atoms with Gasteiger partial charge < -0.3 is 9.15 Å². The summed E-state index contributed by atoms with van der Waals surface area (Å²) < 4.78 is 12.0. The molecule has 0 radical (unpaired) electrons. The van der Waals surface area contributed by atoms with Crippen LogP contribution in [-0.2, 0) is 0 Å². The fraction of sp³-hybridized carbons (Fsp3) is 0.143. The lowest BCUT2D eigenvalue weighted by atomic mass is 9.98. The van der Waals surface area contributed by atoms with Crippen molar-refractivity contribution in [3.63, 3.8) is 0 Å². The largest absolute Gasteiger partial charge is 0.497 e. The molecule has 0 saturated carbocycles. The number of ether oxygens (including phenoxy) is 1. The number of anilines is 1. The smallest absolute Gasteiger partial charge is 0.297 e. The molecule has 5 rings (SSSR count). The number of aryl methyl sites for hydroxylation is 1. The van der Waals surface area contributed by atoms with Gasteiger partial charge in [-0.3, -0.25) is 14.5 Å². The first kappa shape index (κ1) is 19.0. The quantitative estimate of drug-likeness (QED) is 0.427. The van der Waals surface area contributed by atoms with Gasteiger partial charge in [0.05, 0.1) is 24.1 Å². The van der Waals surface area contributed by atoms with Crippen LogP contribution in [0.15, 0.2) is 56.1 Å². The van der Waals surface area contributed by atoms with Crippen molar-refractivity contribution in [1.29, 1.82) is 0 Å². The number of hydrogen-bond donors (Lipinski definition) is 0. The van der Waals surface area contributed by atoms with Crippen LogP contribution in [0.3, 0.4) is 0 Å². The van der Waals surface area contributed by atoms with Gasteiger partial charge >= 0.3 is 0 Å². The van der Waals surface area contributed by atoms with Crippen molar-refractivity contribution in [3.05, 3.63) is 79.1 Å². The van der Waals surface area contributed by atoms with E-state index in [1.54, 1.807) is 37.4 Å². The van der Waals surface area contributed by atoms with E-state index in [9.17, 15) is 9.59 Å². The molecule has 0 aliphatic carbocycles. The van der Waals surface area contributed by atoms with Crippen molar-refractivity contribution in [2.45, 2.75) is 13.0 Å². The number of halogens is 1. The highest BCUT2D eigenvalue weighted by Crippen LogP contribution is 2.42. The van der Waals surface area contributed by atoms with Crippen LogP contribution < -0.4 is 15.1 Å². The van der Waals surface area contributed by atoms with Crippen LogP contribution in [0, 0.1) is 6.92 Å². The molecule has 30 heavy (non-hydrogen) atoms. The van der Waals surface area contributed by atoms with Crippen LogP contribution in [-0.4, -0.2) is 23.2 Å². The van der Waals surface area contributed by atoms with Crippen LogP contribution >= 0.6 is 27.3 Å². The first-order valence-electron chi connectivity index (χ1n) is 9.02. The molecule has 1 unspecified atom stereocenters. The summed E-state index contributed by atoms with van der Waals surface area (Å²) in [6.07, 6.45) is 0. The average molecular weight is 484 g/mol. The third kappa shape index (κ3) is 2.85. The molecule has 0 N–H and O–H groups in total. The van der Waals surface area contributed by atoms with E-state index in [0.717, 1.165) is 10.0 Å². The van der Waals surface area contributed by atoms with Gasteiger partial charge in [-0.1, -0.05) is 39.4 Å². The summed E-state index contributed by atoms with van der Waals surface area (Å²) in [5.41, 5.74) is 1.11. The molecule has 9 heteroatoms. The Labute approximate surface area is 183 Å². The van der Waals surface area contributed by atoms with Crippen molar-refractivity contribution < 1.29 is 13.9 Å². The maximum absolute atomic E-state index is 13.5. The van der Waals surface area contributed by atoms with E-state index in [2.05, 4.69) is 26.1 Å². The molecule has 1 aliphatic rings. The molecule has 1 aliphatic heterocycles. The Morgan fingerprint density at radius 2 is 2.00 bits per heavy atom. The van der Waals surface area contributed by atoms with Gasteiger partial charge in [0.15, 0.2) is 5.43 Å². The van der Waals surface area contributed by atoms with E-state index in [4.69, 9.17) is 9.15 Å². The molecule has 2 aromatic heterocycles. The van der Waals surface area contributed by atoms with Crippen molar-refractivity contribution in [3.8, 4) is 5.75 Å². The summed E-state index contributed by atoms with van der Waals surface area (Å²) in [5, 5.41) is 9.72. The highest BCUT2D eigenvalue weighted by Gasteiger charge is 2.45. The van der Waals surface area contributed by atoms with Gasteiger partial charge in [0.25, 0.3) is 5.91 Å². The highest BCUT2D eigenvalue weighted by molar-refractivity contribution is 9.10. The number of carbonyl (C=O) groups excluding carboxylic acids is 1. The topological polar surface area (TPSA) is 85.5 Å². The molecule has 150 valence electrons. The second-order valence-corrected chi connectivity index (χ2v) is 8.85. The first-order chi connectivity index (χ1) is 14.5. The third-order valence-electron chi connectivity index (χ3n) is 4.96. The predicted octanol–water partition coefficient (Wildman–Crippen LogP) is 4.47. The molecule has 1 amide bonds. The zero-order valence-electron chi connectivity index (χ0n) is 15.9. The zero-order valence-corrected chi connectivity index (χ0v) is 18.3. The van der Waals surface area contributed by atoms with Gasteiger partial charge in [-0.05, 0) is 42.8 Å². The Bertz CT molecular complexity index is 1380. The van der Waals surface area contributed by atoms with Crippen molar-refractivity contribution in [2.24, 2.45) is 0 Å². The Morgan fingerprint density at radius 3 is 2.73 bits per heavy atom. The SMILES string of the molecule is COc1cccc(C2c3c(oc4ccc(Br)cc4c3=O)C(=O)N2c2nnc(C)s2)c1. The van der Waals surface area contributed by atoms with Crippen molar-refractivity contribution >= 4 is 49.3 Å². The lowest BCUT2D eigenvalue weighted by Gasteiger charge is -2.22. The molecular weight excluding hydrogens is 470 g/mol. The molecular formula is C21H14BrN3O4S. The van der Waals surface area contributed by atoms with Gasteiger partial charge in [0.1, 0.15) is 16.3 Å². The number of aromatic nitrogens is 2. The fourth-order valence-corrected chi connectivity index (χ4v) is 4.73. The molecule has 0 bridgehead atoms. The molecule has 2 aromatic carbocycles. The maximum Gasteiger partial charge on any atom is 0.297 e. The monoisotopic (exact) mass is 483 g/mol. The number of rotatable bonds is 3. The number of amides is 1. The summed E-state index contributed by atoms with van der Waals surface area (Å²) in [7, 11) is 1.57. The molecule has 3 heterocycles. The van der Waals surface area contributed by atoms with Gasteiger partial charge in [0, 0.05) is 4.47 Å². The summed E-state index contributed by atoms with van der Waals surface area (Å²) >= 11 is 4.68. The Balaban J connectivity index is 1.83. The van der Waals surface area contributed by atoms with Gasteiger partial charge in [0.2, 0.25) is 10.9 Å². The molecule has 1 atom stereocenters. The Kier molecular flexibility index (Phi) is 4.44. The van der Waals surface area contributed by atoms with Crippen LogP contribution in [0.5, 0.6) is 5.75 Å². The minimum absolute atomic E-state index is 0.0236. The lowest BCUT2D eigenvalue weighted by molar-refractivity contribution is 0.0970. The molecule has 7 nitrogen and oxygen atoms in total. The third-order valence-corrected chi connectivity index (χ3v) is 6.29. The summed E-state index contributed by atoms with van der Waals surface area (Å²) in [6.45, 7) is 1.81. The summed E-state index contributed by atoms with van der Waals surface area (Å²) in [6, 6.07) is 11.7. The lowest BCUT2D eigenvalue weighted by Crippen LogP contribution is -2.29. The number of methoxy groups -OCH3 is 1. The second-order valence-electron chi connectivity index (χ2n) is 6.77. The van der Waals surface area contributed by atoms with Crippen molar-refractivity contribution in [1.82, 2.24) is 10.2 Å². The predicted molar refractivity (Wildman–Crippen MR) is 116 cm³/mol. The highest BCUT2D eigenvalue weighted by atomic mass is 79.9. The number of nitrogens with zero attached hydrogens (tertiary/aromatic N) is 3. The number of carbonyl (C=O) groups is 1. The standard InChI is InChI=1S/C21H14BrN3O4S/c1-10-23-24-21(30-10)25-17(11-4-3-5-13(8-11)28-2)16-18(26)14-9-12(22)6-7-15(14)29-19(16)20(25)27/h3-9,17H,1-2H3. The maximum atomic E-state index is 13.5. The van der Waals surface area contributed by atoms with Crippen LogP contribution in [0.4, 0.5) is 5.13 Å². The van der Waals surface area contributed by atoms with Gasteiger partial charge in [-0.2, -0.15) is 0 Å². The number of benzene rings is 2. The summed E-state index contributed by atoms with van der Waals surface area (Å²) in [4.78, 5) is 28.4. The van der Waals surface area contributed by atoms with E-state index < -0.39 is 11.9 Å². The van der Waals surface area contributed by atoms with E-state index in [-0.39, 0.29) is 16.8 Å². The van der Waals surface area contributed by atoms with Crippen LogP contribution in [0.1, 0.15) is 32.7 Å². The molecule has 0 fully saturated rings. The van der Waals surface area contributed by atoms with E-state index in [1.807, 2.05) is 19.1 Å². The average Bonchev–Trinajstić information content (AvgIpc) is 3.30. The van der Waals surface area contributed by atoms with E-state index in [0.29, 0.717) is 26.9 Å². The minimum atomic E-state index is -0.699. The fourth-order valence-electron chi connectivity index (χ4n) is 3.65. The normalized spacial score (nSPS) is 15.6. The van der Waals surface area contributed by atoms with E-state index in [1.165, 1.54) is 16.2 Å². The van der Waals surface area contributed by atoms with Gasteiger partial charge in [-0.15, -0.1) is 10.2 Å². The number of fused-ring (bicyclic) bond motifs is 2. The Morgan fingerprint density at radius 1 is 1.17 bits per heavy atom. The zero-order chi connectivity index (χ0) is 21.0. The molecule has 4 aromatic rings. The van der Waals surface area contributed by atoms with E-state index >= 15 is 0 Å². The Hall–Kier alpha value is -3.04. The minimum Gasteiger partial charge on any atom is -0.497 e. The first-order valence-corrected chi connectivity index (χ1v) is 10.6. The van der Waals surface area contributed by atoms with Gasteiger partial charge in [-0.25, -0.2) is 0 Å². The molecule has 0 saturated heterocycles. The van der Waals surface area contributed by atoms with Crippen LogP contribution in [0.25, 0.3) is 11.0 Å². The molecule has 0 spiro atoms.